The van der Waals surface area contributed by atoms with Crippen LogP contribution in [0, 0.1) is 0 Å². The topological polar surface area (TPSA) is 72.5 Å². The Morgan fingerprint density at radius 3 is 2.88 bits per heavy atom. The molecule has 1 N–H and O–H groups in total. The molecule has 1 fully saturated rings. The maximum atomic E-state index is 5.58. The third-order valence-corrected chi connectivity index (χ3v) is 4.64. The summed E-state index contributed by atoms with van der Waals surface area (Å²) in [4.78, 5) is 6.72. The van der Waals surface area contributed by atoms with Crippen molar-refractivity contribution < 1.29 is 14.2 Å². The Balaban J connectivity index is 1.77. The zero-order valence-electron chi connectivity index (χ0n) is 15.1. The molecule has 3 rings (SSSR count). The lowest BCUT2D eigenvalue weighted by atomic mass is 10.1. The van der Waals surface area contributed by atoms with Gasteiger partial charge >= 0.3 is 0 Å². The first-order valence-corrected chi connectivity index (χ1v) is 8.60. The van der Waals surface area contributed by atoms with Crippen LogP contribution in [0.1, 0.15) is 36.3 Å². The van der Waals surface area contributed by atoms with Gasteiger partial charge in [0.25, 0.3) is 0 Å². The number of nitrogens with zero attached hydrogens (tertiary/aromatic N) is 3. The quantitative estimate of drug-likeness (QED) is 0.791. The molecule has 25 heavy (non-hydrogen) atoms. The van der Waals surface area contributed by atoms with Crippen LogP contribution in [0.4, 0.5) is 0 Å². The van der Waals surface area contributed by atoms with Crippen LogP contribution >= 0.6 is 0 Å². The highest BCUT2D eigenvalue weighted by atomic mass is 16.5. The molecule has 1 aromatic heterocycles. The van der Waals surface area contributed by atoms with E-state index in [9.17, 15) is 0 Å². The lowest BCUT2D eigenvalue weighted by molar-refractivity contribution is 0.107. The minimum absolute atomic E-state index is 0.185. The first-order valence-electron chi connectivity index (χ1n) is 8.60. The number of nitrogens with one attached hydrogen (secondary N) is 1. The lowest BCUT2D eigenvalue weighted by Gasteiger charge is -2.23. The average molecular weight is 346 g/mol. The number of hydrogen-bond acceptors (Lipinski definition) is 6. The van der Waals surface area contributed by atoms with Crippen LogP contribution in [-0.4, -0.2) is 53.6 Å². The molecule has 0 saturated carbocycles. The van der Waals surface area contributed by atoms with Crippen LogP contribution < -0.4 is 4.74 Å². The van der Waals surface area contributed by atoms with Gasteiger partial charge in [0.2, 0.25) is 0 Å². The van der Waals surface area contributed by atoms with Crippen LogP contribution in [-0.2, 0) is 22.6 Å². The van der Waals surface area contributed by atoms with Crippen LogP contribution in [0.2, 0.25) is 0 Å². The number of likely N-dealkylation sites (tertiary alicyclic amines) is 1. The summed E-state index contributed by atoms with van der Waals surface area (Å²) in [6.07, 6.45) is 2.67. The molecule has 7 nitrogen and oxygen atoms in total. The number of H-pyrrole nitrogens is 1. The van der Waals surface area contributed by atoms with E-state index in [1.54, 1.807) is 20.5 Å². The van der Waals surface area contributed by atoms with Gasteiger partial charge in [-0.15, -0.1) is 0 Å². The fourth-order valence-corrected chi connectivity index (χ4v) is 3.36. The van der Waals surface area contributed by atoms with Crippen molar-refractivity contribution in [2.75, 3.05) is 27.4 Å². The Labute approximate surface area is 148 Å². The second-order valence-electron chi connectivity index (χ2n) is 6.19. The number of aromatic amines is 1. The molecule has 2 aromatic rings. The van der Waals surface area contributed by atoms with E-state index >= 15 is 0 Å². The van der Waals surface area contributed by atoms with E-state index in [4.69, 9.17) is 14.2 Å². The van der Waals surface area contributed by atoms with E-state index in [2.05, 4.69) is 32.2 Å². The molecule has 0 amide bonds. The molecule has 0 bridgehead atoms. The molecule has 1 aliphatic heterocycles. The molecule has 1 saturated heterocycles. The van der Waals surface area contributed by atoms with E-state index in [0.717, 1.165) is 36.6 Å². The monoisotopic (exact) mass is 346 g/mol. The van der Waals surface area contributed by atoms with Gasteiger partial charge < -0.3 is 14.2 Å². The fraction of sp³-hybridized carbons (Fsp3) is 0.556. The van der Waals surface area contributed by atoms with Gasteiger partial charge in [0.15, 0.2) is 0 Å². The summed E-state index contributed by atoms with van der Waals surface area (Å²) in [6.45, 7) is 4.92. The molecule has 2 atom stereocenters. The minimum atomic E-state index is 0.185. The van der Waals surface area contributed by atoms with E-state index in [1.807, 2.05) is 13.0 Å². The molecule has 0 spiro atoms. The fourth-order valence-electron chi connectivity index (χ4n) is 3.36. The standard InChI is InChI=1S/C18H26N4O3/c1-4-25-11-14-7-13(5-6-17(14)24-3)9-22-10-15(23-2)8-16(22)18-19-12-20-21-18/h5-7,12,15-16H,4,8-11H2,1-3H3,(H,19,20,21)/t15-,16+/m1/s1. The van der Waals surface area contributed by atoms with Crippen LogP contribution in [0.15, 0.2) is 24.5 Å². The summed E-state index contributed by atoms with van der Waals surface area (Å²) in [5, 5.41) is 6.99. The van der Waals surface area contributed by atoms with Gasteiger partial charge in [-0.25, -0.2) is 4.98 Å². The third-order valence-electron chi connectivity index (χ3n) is 4.64. The van der Waals surface area contributed by atoms with Crippen molar-refractivity contribution in [3.05, 3.63) is 41.5 Å². The smallest absolute Gasteiger partial charge is 0.141 e. The Kier molecular flexibility index (Phi) is 6.01. The molecule has 0 aliphatic carbocycles. The normalized spacial score (nSPS) is 20.9. The average Bonchev–Trinajstić information content (AvgIpc) is 3.29. The number of hydrogen-bond donors (Lipinski definition) is 1. The first-order chi connectivity index (χ1) is 12.2. The van der Waals surface area contributed by atoms with Crippen molar-refractivity contribution in [3.63, 3.8) is 0 Å². The van der Waals surface area contributed by atoms with Crippen LogP contribution in [0.25, 0.3) is 0 Å². The highest BCUT2D eigenvalue weighted by Crippen LogP contribution is 2.33. The number of ether oxygens (including phenoxy) is 3. The minimum Gasteiger partial charge on any atom is -0.496 e. The molecular formula is C18H26N4O3. The number of benzene rings is 1. The van der Waals surface area contributed by atoms with E-state index < -0.39 is 0 Å². The summed E-state index contributed by atoms with van der Waals surface area (Å²) < 4.78 is 16.6. The molecule has 1 aromatic carbocycles. The Morgan fingerprint density at radius 1 is 1.32 bits per heavy atom. The molecule has 7 heteroatoms. The van der Waals surface area contributed by atoms with E-state index in [0.29, 0.717) is 13.2 Å². The predicted molar refractivity (Wildman–Crippen MR) is 93.3 cm³/mol. The maximum absolute atomic E-state index is 5.58. The Morgan fingerprint density at radius 2 is 2.20 bits per heavy atom. The van der Waals surface area contributed by atoms with Crippen molar-refractivity contribution in [2.24, 2.45) is 0 Å². The van der Waals surface area contributed by atoms with Crippen molar-refractivity contribution in [1.82, 2.24) is 20.1 Å². The van der Waals surface area contributed by atoms with Gasteiger partial charge in [0.1, 0.15) is 17.9 Å². The predicted octanol–water partition coefficient (Wildman–Crippen LogP) is 2.31. The largest absolute Gasteiger partial charge is 0.496 e. The summed E-state index contributed by atoms with van der Waals surface area (Å²) in [5.74, 6) is 1.75. The van der Waals surface area contributed by atoms with Crippen molar-refractivity contribution in [1.29, 1.82) is 0 Å². The Hall–Kier alpha value is -1.96. The Bertz CT molecular complexity index is 662. The second-order valence-corrected chi connectivity index (χ2v) is 6.19. The van der Waals surface area contributed by atoms with E-state index in [1.165, 1.54) is 5.56 Å². The number of aromatic nitrogens is 3. The molecule has 0 unspecified atom stereocenters. The van der Waals surface area contributed by atoms with Crippen LogP contribution in [0.3, 0.4) is 0 Å². The van der Waals surface area contributed by atoms with E-state index in [-0.39, 0.29) is 12.1 Å². The maximum Gasteiger partial charge on any atom is 0.141 e. The van der Waals surface area contributed by atoms with Gasteiger partial charge in [-0.1, -0.05) is 6.07 Å². The van der Waals surface area contributed by atoms with Gasteiger partial charge in [-0.05, 0) is 31.0 Å². The zero-order valence-corrected chi connectivity index (χ0v) is 15.1. The molecular weight excluding hydrogens is 320 g/mol. The summed E-state index contributed by atoms with van der Waals surface area (Å²) in [5.41, 5.74) is 2.29. The van der Waals surface area contributed by atoms with Gasteiger partial charge in [0.05, 0.1) is 25.9 Å². The zero-order chi connectivity index (χ0) is 17.6. The summed E-state index contributed by atoms with van der Waals surface area (Å²) in [7, 11) is 3.45. The highest BCUT2D eigenvalue weighted by molar-refractivity contribution is 5.37. The highest BCUT2D eigenvalue weighted by Gasteiger charge is 2.34. The SMILES string of the molecule is CCOCc1cc(CN2C[C@H](OC)C[C@H]2c2ncn[nH]2)ccc1OC. The lowest BCUT2D eigenvalue weighted by Crippen LogP contribution is -2.25. The third kappa shape index (κ3) is 4.18. The first kappa shape index (κ1) is 17.8. The summed E-state index contributed by atoms with van der Waals surface area (Å²) >= 11 is 0. The van der Waals surface area contributed by atoms with Crippen molar-refractivity contribution >= 4 is 0 Å². The van der Waals surface area contributed by atoms with Crippen molar-refractivity contribution in [2.45, 2.75) is 38.6 Å². The second kappa shape index (κ2) is 8.42. The molecule has 2 heterocycles. The molecule has 0 radical (unpaired) electrons. The van der Waals surface area contributed by atoms with Gasteiger partial charge in [-0.2, -0.15) is 5.10 Å². The van der Waals surface area contributed by atoms with Crippen LogP contribution in [0.5, 0.6) is 5.75 Å². The number of rotatable bonds is 8. The molecule has 1 aliphatic rings. The molecule has 136 valence electrons. The summed E-state index contributed by atoms with van der Waals surface area (Å²) in [6, 6.07) is 6.46. The van der Waals surface area contributed by atoms with Gasteiger partial charge in [0, 0.05) is 32.4 Å². The van der Waals surface area contributed by atoms with Gasteiger partial charge in [-0.3, -0.25) is 10.00 Å². The number of methoxy groups -OCH3 is 2. The van der Waals surface area contributed by atoms with Crippen molar-refractivity contribution in [3.8, 4) is 5.75 Å².